The Kier molecular flexibility index (Phi) is 5.56. The number of aliphatic hydroxyl groups excluding tert-OH is 1. The van der Waals surface area contributed by atoms with Gasteiger partial charge in [0.15, 0.2) is 0 Å². The Labute approximate surface area is 117 Å². The molecule has 1 rings (SSSR count). The van der Waals surface area contributed by atoms with Crippen LogP contribution in [0.15, 0.2) is 6.07 Å². The highest BCUT2D eigenvalue weighted by molar-refractivity contribution is 5.12. The predicted molar refractivity (Wildman–Crippen MR) is 79.3 cm³/mol. The van der Waals surface area contributed by atoms with Crippen LogP contribution in [0.2, 0.25) is 0 Å². The Hall–Kier alpha value is -0.870. The SMILES string of the molecule is CCn1nc(C)cc1CC(O)C(CC)(CC)N(C)C. The zero-order valence-electron chi connectivity index (χ0n) is 13.3. The van der Waals surface area contributed by atoms with Crippen molar-refractivity contribution in [1.29, 1.82) is 0 Å². The zero-order chi connectivity index (χ0) is 14.6. The molecule has 0 radical (unpaired) electrons. The van der Waals surface area contributed by atoms with Crippen LogP contribution in [0.5, 0.6) is 0 Å². The summed E-state index contributed by atoms with van der Waals surface area (Å²) in [5, 5.41) is 15.2. The molecule has 1 atom stereocenters. The second-order valence-electron chi connectivity index (χ2n) is 5.52. The Morgan fingerprint density at radius 2 is 1.89 bits per heavy atom. The summed E-state index contributed by atoms with van der Waals surface area (Å²) in [6.45, 7) is 9.23. The summed E-state index contributed by atoms with van der Waals surface area (Å²) < 4.78 is 1.99. The molecule has 1 aromatic rings. The number of aromatic nitrogens is 2. The van der Waals surface area contributed by atoms with Crippen molar-refractivity contribution < 1.29 is 5.11 Å². The number of aryl methyl sites for hydroxylation is 2. The Morgan fingerprint density at radius 3 is 2.32 bits per heavy atom. The number of aliphatic hydroxyl groups is 1. The average Bonchev–Trinajstić information content (AvgIpc) is 2.71. The van der Waals surface area contributed by atoms with E-state index >= 15 is 0 Å². The van der Waals surface area contributed by atoms with E-state index in [9.17, 15) is 5.11 Å². The molecule has 0 amide bonds. The van der Waals surface area contributed by atoms with Crippen LogP contribution in [-0.2, 0) is 13.0 Å². The van der Waals surface area contributed by atoms with E-state index < -0.39 is 0 Å². The van der Waals surface area contributed by atoms with Gasteiger partial charge in [0.2, 0.25) is 0 Å². The van der Waals surface area contributed by atoms with Gasteiger partial charge in [0.05, 0.1) is 11.8 Å². The first-order valence-electron chi connectivity index (χ1n) is 7.30. The van der Waals surface area contributed by atoms with E-state index in [1.54, 1.807) is 0 Å². The van der Waals surface area contributed by atoms with Crippen LogP contribution in [0.3, 0.4) is 0 Å². The molecule has 19 heavy (non-hydrogen) atoms. The molecule has 0 aliphatic carbocycles. The predicted octanol–water partition coefficient (Wildman–Crippen LogP) is 2.24. The van der Waals surface area contributed by atoms with Crippen LogP contribution in [0, 0.1) is 6.92 Å². The number of nitrogens with zero attached hydrogens (tertiary/aromatic N) is 3. The van der Waals surface area contributed by atoms with E-state index in [0.717, 1.165) is 30.8 Å². The fourth-order valence-electron chi connectivity index (χ4n) is 3.08. The first kappa shape index (κ1) is 16.2. The van der Waals surface area contributed by atoms with Gasteiger partial charge in [-0.25, -0.2) is 0 Å². The lowest BCUT2D eigenvalue weighted by Gasteiger charge is -2.42. The topological polar surface area (TPSA) is 41.3 Å². The second-order valence-corrected chi connectivity index (χ2v) is 5.52. The quantitative estimate of drug-likeness (QED) is 0.823. The summed E-state index contributed by atoms with van der Waals surface area (Å²) in [4.78, 5) is 2.16. The molecule has 0 aliphatic heterocycles. The standard InChI is InChI=1S/C15H29N3O/c1-7-15(8-2,17(5)6)14(19)11-13-10-12(4)16-18(13)9-3/h10,14,19H,7-9,11H2,1-6H3. The molecule has 0 saturated heterocycles. The van der Waals surface area contributed by atoms with E-state index in [-0.39, 0.29) is 11.6 Å². The number of rotatable bonds is 7. The van der Waals surface area contributed by atoms with Gasteiger partial charge >= 0.3 is 0 Å². The molecule has 4 nitrogen and oxygen atoms in total. The molecular weight excluding hydrogens is 238 g/mol. The van der Waals surface area contributed by atoms with Gasteiger partial charge in [0, 0.05) is 24.2 Å². The molecule has 0 aliphatic rings. The van der Waals surface area contributed by atoms with E-state index in [1.807, 2.05) is 11.6 Å². The fourth-order valence-corrected chi connectivity index (χ4v) is 3.08. The molecule has 0 fully saturated rings. The third kappa shape index (κ3) is 3.18. The summed E-state index contributed by atoms with van der Waals surface area (Å²) in [7, 11) is 4.11. The molecule has 1 heterocycles. The maximum Gasteiger partial charge on any atom is 0.0778 e. The monoisotopic (exact) mass is 267 g/mol. The normalized spacial score (nSPS) is 14.1. The lowest BCUT2D eigenvalue weighted by Crippen LogP contribution is -2.53. The fraction of sp³-hybridized carbons (Fsp3) is 0.800. The van der Waals surface area contributed by atoms with Crippen molar-refractivity contribution in [2.75, 3.05) is 14.1 Å². The zero-order valence-corrected chi connectivity index (χ0v) is 13.3. The highest BCUT2D eigenvalue weighted by atomic mass is 16.3. The van der Waals surface area contributed by atoms with Gasteiger partial charge in [-0.2, -0.15) is 5.10 Å². The summed E-state index contributed by atoms with van der Waals surface area (Å²) in [6.07, 6.45) is 2.17. The van der Waals surface area contributed by atoms with Crippen LogP contribution < -0.4 is 0 Å². The van der Waals surface area contributed by atoms with E-state index in [4.69, 9.17) is 0 Å². The molecular formula is C15H29N3O. The summed E-state index contributed by atoms with van der Waals surface area (Å²) in [5.74, 6) is 0. The Bertz CT molecular complexity index is 394. The van der Waals surface area contributed by atoms with Gasteiger partial charge in [0.1, 0.15) is 0 Å². The van der Waals surface area contributed by atoms with Crippen molar-refractivity contribution in [1.82, 2.24) is 14.7 Å². The molecule has 0 aromatic carbocycles. The highest BCUT2D eigenvalue weighted by Gasteiger charge is 2.37. The Morgan fingerprint density at radius 1 is 1.32 bits per heavy atom. The summed E-state index contributed by atoms with van der Waals surface area (Å²) in [6, 6.07) is 2.08. The first-order valence-corrected chi connectivity index (χ1v) is 7.30. The lowest BCUT2D eigenvalue weighted by molar-refractivity contribution is -0.0135. The minimum atomic E-state index is -0.376. The largest absolute Gasteiger partial charge is 0.391 e. The highest BCUT2D eigenvalue weighted by Crippen LogP contribution is 2.28. The van der Waals surface area contributed by atoms with Crippen molar-refractivity contribution >= 4 is 0 Å². The first-order chi connectivity index (χ1) is 8.91. The molecule has 4 heteroatoms. The van der Waals surface area contributed by atoms with Gasteiger partial charge in [-0.15, -0.1) is 0 Å². The van der Waals surface area contributed by atoms with Crippen molar-refractivity contribution in [3.63, 3.8) is 0 Å². The third-order valence-corrected chi connectivity index (χ3v) is 4.42. The third-order valence-electron chi connectivity index (χ3n) is 4.42. The minimum Gasteiger partial charge on any atom is -0.391 e. The molecule has 1 aromatic heterocycles. The Balaban J connectivity index is 2.96. The number of likely N-dealkylation sites (N-methyl/N-ethyl adjacent to an activating group) is 1. The summed E-state index contributed by atoms with van der Waals surface area (Å²) in [5.41, 5.74) is 1.99. The van der Waals surface area contributed by atoms with Crippen molar-refractivity contribution in [3.8, 4) is 0 Å². The smallest absolute Gasteiger partial charge is 0.0778 e. The van der Waals surface area contributed by atoms with E-state index in [2.05, 4.69) is 50.9 Å². The van der Waals surface area contributed by atoms with Crippen LogP contribution >= 0.6 is 0 Å². The molecule has 0 saturated carbocycles. The maximum absolute atomic E-state index is 10.7. The molecule has 1 N–H and O–H groups in total. The molecule has 0 bridgehead atoms. The van der Waals surface area contributed by atoms with Gasteiger partial charge in [-0.3, -0.25) is 4.68 Å². The average molecular weight is 267 g/mol. The molecule has 0 spiro atoms. The van der Waals surface area contributed by atoms with Gasteiger partial charge in [0.25, 0.3) is 0 Å². The van der Waals surface area contributed by atoms with Gasteiger partial charge in [-0.05, 0) is 46.9 Å². The van der Waals surface area contributed by atoms with E-state index in [1.165, 1.54) is 0 Å². The van der Waals surface area contributed by atoms with Crippen molar-refractivity contribution in [2.45, 2.75) is 65.1 Å². The van der Waals surface area contributed by atoms with Crippen LogP contribution in [-0.4, -0.2) is 45.5 Å². The minimum absolute atomic E-state index is 0.156. The van der Waals surface area contributed by atoms with Crippen LogP contribution in [0.1, 0.15) is 45.0 Å². The van der Waals surface area contributed by atoms with Gasteiger partial charge in [-0.1, -0.05) is 13.8 Å². The molecule has 110 valence electrons. The van der Waals surface area contributed by atoms with E-state index in [0.29, 0.717) is 6.42 Å². The van der Waals surface area contributed by atoms with Crippen molar-refractivity contribution in [3.05, 3.63) is 17.5 Å². The van der Waals surface area contributed by atoms with Crippen LogP contribution in [0.25, 0.3) is 0 Å². The lowest BCUT2D eigenvalue weighted by atomic mass is 9.83. The maximum atomic E-state index is 10.7. The second kappa shape index (κ2) is 6.53. The van der Waals surface area contributed by atoms with Crippen molar-refractivity contribution in [2.24, 2.45) is 0 Å². The number of hydrogen-bond acceptors (Lipinski definition) is 3. The van der Waals surface area contributed by atoms with Crippen LogP contribution in [0.4, 0.5) is 0 Å². The molecule has 1 unspecified atom stereocenters. The summed E-state index contributed by atoms with van der Waals surface area (Å²) >= 11 is 0. The number of hydrogen-bond donors (Lipinski definition) is 1. The van der Waals surface area contributed by atoms with Gasteiger partial charge < -0.3 is 10.0 Å².